The van der Waals surface area contributed by atoms with E-state index in [1.807, 2.05) is 24.3 Å². The molecule has 1 saturated carbocycles. The van der Waals surface area contributed by atoms with E-state index in [2.05, 4.69) is 46.5 Å². The van der Waals surface area contributed by atoms with Crippen LogP contribution in [0.25, 0.3) is 33.4 Å². The van der Waals surface area contributed by atoms with E-state index in [0.717, 1.165) is 58.5 Å². The van der Waals surface area contributed by atoms with Crippen molar-refractivity contribution >= 4 is 17.2 Å². The molecular formula is C32H30N4O3. The molecule has 1 fully saturated rings. The van der Waals surface area contributed by atoms with Gasteiger partial charge in [0.25, 0.3) is 0 Å². The molecule has 0 saturated heterocycles. The van der Waals surface area contributed by atoms with Crippen molar-refractivity contribution in [1.82, 2.24) is 19.1 Å². The van der Waals surface area contributed by atoms with Crippen LogP contribution < -0.4 is 4.74 Å². The Morgan fingerprint density at radius 2 is 1.85 bits per heavy atom. The van der Waals surface area contributed by atoms with Crippen molar-refractivity contribution in [2.75, 3.05) is 0 Å². The van der Waals surface area contributed by atoms with Crippen LogP contribution in [0.3, 0.4) is 0 Å². The molecular weight excluding hydrogens is 488 g/mol. The topological polar surface area (TPSA) is 82.2 Å². The van der Waals surface area contributed by atoms with Gasteiger partial charge in [0.1, 0.15) is 17.4 Å². The van der Waals surface area contributed by atoms with Crippen LogP contribution in [0.15, 0.2) is 66.9 Å². The van der Waals surface area contributed by atoms with E-state index in [1.165, 1.54) is 42.9 Å². The molecule has 3 heterocycles. The fraction of sp³-hybridized carbons (Fsp3) is 0.281. The number of rotatable bonds is 6. The first kappa shape index (κ1) is 23.7. The molecule has 39 heavy (non-hydrogen) atoms. The minimum absolute atomic E-state index is 0.332. The maximum Gasteiger partial charge on any atom is 0.511 e. The second kappa shape index (κ2) is 9.42. The van der Waals surface area contributed by atoms with Crippen LogP contribution in [0.1, 0.15) is 54.4 Å². The van der Waals surface area contributed by atoms with Gasteiger partial charge in [-0.05, 0) is 67.5 Å². The third-order valence-electron chi connectivity index (χ3n) is 7.91. The largest absolute Gasteiger partial charge is 0.511 e. The van der Waals surface area contributed by atoms with Crippen LogP contribution in [0.2, 0.25) is 0 Å². The van der Waals surface area contributed by atoms with Gasteiger partial charge in [-0.1, -0.05) is 42.5 Å². The molecule has 196 valence electrons. The molecule has 1 N–H and O–H groups in total. The summed E-state index contributed by atoms with van der Waals surface area (Å²) in [6.07, 6.45) is 6.74. The van der Waals surface area contributed by atoms with Crippen molar-refractivity contribution in [3.63, 3.8) is 0 Å². The number of fused-ring (bicyclic) bond motifs is 2. The summed E-state index contributed by atoms with van der Waals surface area (Å²) in [6, 6.07) is 20.0. The fourth-order valence-corrected chi connectivity index (χ4v) is 5.79. The number of imidazole rings is 2. The standard InChI is InChI=1S/C32H30N4O3/c1-20-16-24(26-19-35-15-5-4-8-29(35)33-26)17-27-30(20)34-31(23-13-14-23)36(27)18-21-9-11-22(12-10-21)25-6-2-3-7-28(25)39-32(37)38/h2-3,6-7,9-12,16-17,19,23H,4-5,8,13-15,18H2,1H3,(H,37,38). The first-order valence-electron chi connectivity index (χ1n) is 13.7. The number of benzene rings is 3. The maximum atomic E-state index is 11.1. The summed E-state index contributed by atoms with van der Waals surface area (Å²) in [6.45, 7) is 3.93. The number of hydrogen-bond acceptors (Lipinski definition) is 4. The highest BCUT2D eigenvalue weighted by molar-refractivity contribution is 5.85. The van der Waals surface area contributed by atoms with E-state index in [9.17, 15) is 4.79 Å². The van der Waals surface area contributed by atoms with Gasteiger partial charge in [0.15, 0.2) is 0 Å². The lowest BCUT2D eigenvalue weighted by Gasteiger charge is -2.12. The molecule has 0 unspecified atom stereocenters. The van der Waals surface area contributed by atoms with Gasteiger partial charge in [-0.25, -0.2) is 14.8 Å². The Bertz CT molecular complexity index is 1690. The lowest BCUT2D eigenvalue weighted by atomic mass is 10.0. The van der Waals surface area contributed by atoms with Crippen molar-refractivity contribution < 1.29 is 14.6 Å². The van der Waals surface area contributed by atoms with Crippen molar-refractivity contribution in [2.45, 2.75) is 58.0 Å². The first-order valence-corrected chi connectivity index (χ1v) is 13.7. The van der Waals surface area contributed by atoms with E-state index in [4.69, 9.17) is 19.8 Å². The van der Waals surface area contributed by atoms with Crippen LogP contribution >= 0.6 is 0 Å². The number of aromatic nitrogens is 4. The summed E-state index contributed by atoms with van der Waals surface area (Å²) < 4.78 is 9.69. The highest BCUT2D eigenvalue weighted by Gasteiger charge is 2.30. The number of carboxylic acid groups (broad SMARTS) is 1. The molecule has 0 bridgehead atoms. The van der Waals surface area contributed by atoms with Crippen LogP contribution in [0.5, 0.6) is 5.75 Å². The quantitative estimate of drug-likeness (QED) is 0.190. The average Bonchev–Trinajstić information content (AvgIpc) is 3.58. The Balaban J connectivity index is 1.25. The summed E-state index contributed by atoms with van der Waals surface area (Å²) in [7, 11) is 0. The van der Waals surface area contributed by atoms with Gasteiger partial charge in [-0.2, -0.15) is 0 Å². The zero-order valence-corrected chi connectivity index (χ0v) is 21.9. The van der Waals surface area contributed by atoms with Gasteiger partial charge >= 0.3 is 6.16 Å². The van der Waals surface area contributed by atoms with Crippen molar-refractivity contribution in [2.24, 2.45) is 0 Å². The smallest absolute Gasteiger partial charge is 0.449 e. The van der Waals surface area contributed by atoms with Gasteiger partial charge < -0.3 is 19.0 Å². The second-order valence-corrected chi connectivity index (χ2v) is 10.7. The lowest BCUT2D eigenvalue weighted by molar-refractivity contribution is 0.144. The van der Waals surface area contributed by atoms with E-state index >= 15 is 0 Å². The van der Waals surface area contributed by atoms with Crippen LogP contribution in [-0.4, -0.2) is 30.4 Å². The Hall–Kier alpha value is -4.39. The van der Waals surface area contributed by atoms with Gasteiger partial charge in [0.2, 0.25) is 0 Å². The van der Waals surface area contributed by atoms with E-state index in [0.29, 0.717) is 11.7 Å². The molecule has 5 aromatic rings. The molecule has 0 radical (unpaired) electrons. The molecule has 0 atom stereocenters. The minimum atomic E-state index is -1.32. The summed E-state index contributed by atoms with van der Waals surface area (Å²) >= 11 is 0. The highest BCUT2D eigenvalue weighted by Crippen LogP contribution is 2.42. The number of aryl methyl sites for hydroxylation is 3. The number of para-hydroxylation sites is 1. The van der Waals surface area contributed by atoms with E-state index < -0.39 is 6.16 Å². The molecule has 7 heteroatoms. The minimum Gasteiger partial charge on any atom is -0.449 e. The molecule has 3 aromatic carbocycles. The van der Waals surface area contributed by atoms with Crippen LogP contribution in [-0.2, 0) is 19.5 Å². The molecule has 2 aromatic heterocycles. The molecule has 0 spiro atoms. The van der Waals surface area contributed by atoms with Gasteiger partial charge in [0, 0.05) is 42.8 Å². The molecule has 7 nitrogen and oxygen atoms in total. The zero-order chi connectivity index (χ0) is 26.5. The Kier molecular flexibility index (Phi) is 5.72. The van der Waals surface area contributed by atoms with Crippen LogP contribution in [0.4, 0.5) is 4.79 Å². The van der Waals surface area contributed by atoms with Gasteiger partial charge in [-0.15, -0.1) is 0 Å². The predicted molar refractivity (Wildman–Crippen MR) is 150 cm³/mol. The molecule has 7 rings (SSSR count). The van der Waals surface area contributed by atoms with Gasteiger partial charge in [-0.3, -0.25) is 0 Å². The Morgan fingerprint density at radius 3 is 2.62 bits per heavy atom. The van der Waals surface area contributed by atoms with Crippen LogP contribution in [0, 0.1) is 6.92 Å². The lowest BCUT2D eigenvalue weighted by Crippen LogP contribution is -2.08. The molecule has 0 amide bonds. The summed E-state index contributed by atoms with van der Waals surface area (Å²) in [5, 5.41) is 9.11. The molecule has 2 aliphatic rings. The number of carbonyl (C=O) groups is 1. The number of ether oxygens (including phenoxy) is 1. The van der Waals surface area contributed by atoms with Crippen molar-refractivity contribution in [3.05, 3.63) is 89.6 Å². The Morgan fingerprint density at radius 1 is 1.03 bits per heavy atom. The molecule has 1 aliphatic heterocycles. The average molecular weight is 519 g/mol. The normalized spacial score (nSPS) is 14.9. The summed E-state index contributed by atoms with van der Waals surface area (Å²) in [4.78, 5) is 21.3. The predicted octanol–water partition coefficient (Wildman–Crippen LogP) is 7.19. The zero-order valence-electron chi connectivity index (χ0n) is 21.9. The third-order valence-corrected chi connectivity index (χ3v) is 7.91. The monoisotopic (exact) mass is 518 g/mol. The Labute approximate surface area is 226 Å². The van der Waals surface area contributed by atoms with Crippen molar-refractivity contribution in [1.29, 1.82) is 0 Å². The number of hydrogen-bond donors (Lipinski definition) is 1. The van der Waals surface area contributed by atoms with E-state index in [1.54, 1.807) is 12.1 Å². The van der Waals surface area contributed by atoms with Gasteiger partial charge in [0.05, 0.1) is 16.7 Å². The number of nitrogens with zero attached hydrogens (tertiary/aromatic N) is 4. The van der Waals surface area contributed by atoms with E-state index in [-0.39, 0.29) is 0 Å². The fourth-order valence-electron chi connectivity index (χ4n) is 5.79. The SMILES string of the molecule is Cc1cc(-c2cn3c(n2)CCCC3)cc2c1nc(C1CC1)n2Cc1ccc(-c2ccccc2OC(=O)O)cc1. The highest BCUT2D eigenvalue weighted by atomic mass is 16.7. The summed E-state index contributed by atoms with van der Waals surface area (Å²) in [5.41, 5.74) is 8.43. The van der Waals surface area contributed by atoms with Crippen molar-refractivity contribution in [3.8, 4) is 28.1 Å². The third kappa shape index (κ3) is 4.48. The maximum absolute atomic E-state index is 11.1. The first-order chi connectivity index (χ1) is 19.0. The summed E-state index contributed by atoms with van der Waals surface area (Å²) in [5.74, 6) is 3.20. The second-order valence-electron chi connectivity index (χ2n) is 10.7. The molecule has 1 aliphatic carbocycles.